The maximum absolute atomic E-state index is 11.7. The Balaban J connectivity index is 2.87. The van der Waals surface area contributed by atoms with Crippen molar-refractivity contribution in [3.05, 3.63) is 23.0 Å². The van der Waals surface area contributed by atoms with Crippen LogP contribution in [0.4, 0.5) is 18.2 Å². The Morgan fingerprint density at radius 3 is 2.54 bits per heavy atom. The summed E-state index contributed by atoms with van der Waals surface area (Å²) >= 11 is 0.690. The van der Waals surface area contributed by atoms with Crippen LogP contribution in [0.3, 0.4) is 0 Å². The van der Waals surface area contributed by atoms with E-state index in [-0.39, 0.29) is 10.1 Å². The van der Waals surface area contributed by atoms with Crippen LogP contribution in [0, 0.1) is 13.5 Å². The fourth-order valence-electron chi connectivity index (χ4n) is 0.719. The molecule has 0 saturated heterocycles. The molecule has 0 N–H and O–H groups in total. The molecule has 0 unspecified atom stereocenters. The lowest BCUT2D eigenvalue weighted by Crippen LogP contribution is -2.16. The Morgan fingerprint density at radius 1 is 1.54 bits per heavy atom. The summed E-state index contributed by atoms with van der Waals surface area (Å²) < 4.78 is 38.7. The Bertz CT molecular complexity index is 350. The zero-order valence-electron chi connectivity index (χ0n) is 6.47. The van der Waals surface area contributed by atoms with Gasteiger partial charge in [0.05, 0.1) is 6.57 Å². The van der Waals surface area contributed by atoms with Crippen LogP contribution in [0.25, 0.3) is 4.85 Å². The molecule has 0 aliphatic carbocycles. The number of halogens is 3. The summed E-state index contributed by atoms with van der Waals surface area (Å²) in [4.78, 5) is 3.04. The second-order valence-corrected chi connectivity index (χ2v) is 3.21. The van der Waals surface area contributed by atoms with Crippen molar-refractivity contribution < 1.29 is 17.9 Å². The minimum Gasteiger partial charge on any atom is -0.397 e. The highest BCUT2D eigenvalue weighted by atomic mass is 32.1. The van der Waals surface area contributed by atoms with Crippen LogP contribution in [0.1, 0.15) is 5.56 Å². The molecule has 0 aliphatic rings. The minimum absolute atomic E-state index is 0.222. The van der Waals surface area contributed by atoms with Crippen molar-refractivity contribution in [2.45, 2.75) is 13.3 Å². The Hall–Kier alpha value is -1.22. The maximum atomic E-state index is 11.7. The van der Waals surface area contributed by atoms with E-state index >= 15 is 0 Å². The van der Waals surface area contributed by atoms with Gasteiger partial charge in [-0.3, -0.25) is 0 Å². The van der Waals surface area contributed by atoms with Gasteiger partial charge in [-0.2, -0.15) is 0 Å². The van der Waals surface area contributed by atoms with Crippen molar-refractivity contribution >= 4 is 16.3 Å². The largest absolute Gasteiger partial charge is 0.573 e. The second kappa shape index (κ2) is 3.26. The van der Waals surface area contributed by atoms with E-state index in [1.54, 1.807) is 6.92 Å². The fourth-order valence-corrected chi connectivity index (χ4v) is 1.55. The van der Waals surface area contributed by atoms with Crippen LogP contribution in [0.15, 0.2) is 6.07 Å². The average molecular weight is 207 g/mol. The highest BCUT2D eigenvalue weighted by Gasteiger charge is 2.32. The van der Waals surface area contributed by atoms with Crippen molar-refractivity contribution in [2.24, 2.45) is 0 Å². The van der Waals surface area contributed by atoms with Crippen LogP contribution in [-0.4, -0.2) is 6.36 Å². The normalized spacial score (nSPS) is 11.0. The van der Waals surface area contributed by atoms with Gasteiger partial charge in [-0.15, -0.1) is 24.5 Å². The van der Waals surface area contributed by atoms with Crippen LogP contribution in [0.2, 0.25) is 0 Å². The van der Waals surface area contributed by atoms with Gasteiger partial charge >= 0.3 is 6.36 Å². The molecule has 1 aromatic heterocycles. The van der Waals surface area contributed by atoms with Crippen LogP contribution in [-0.2, 0) is 0 Å². The number of aryl methyl sites for hydroxylation is 1. The van der Waals surface area contributed by atoms with E-state index in [1.807, 2.05) is 0 Å². The first-order valence-electron chi connectivity index (χ1n) is 3.16. The quantitative estimate of drug-likeness (QED) is 0.642. The van der Waals surface area contributed by atoms with Crippen molar-refractivity contribution in [1.82, 2.24) is 0 Å². The molecule has 0 aliphatic heterocycles. The lowest BCUT2D eigenvalue weighted by Gasteiger charge is -2.04. The summed E-state index contributed by atoms with van der Waals surface area (Å²) in [5.74, 6) is 0. The summed E-state index contributed by atoms with van der Waals surface area (Å²) in [5, 5.41) is -0.0738. The van der Waals surface area contributed by atoms with Gasteiger partial charge in [0.25, 0.3) is 0 Å². The topological polar surface area (TPSA) is 13.6 Å². The molecule has 0 aromatic carbocycles. The van der Waals surface area contributed by atoms with E-state index in [0.29, 0.717) is 16.9 Å². The van der Waals surface area contributed by atoms with Gasteiger partial charge in [-0.25, -0.2) is 4.85 Å². The maximum Gasteiger partial charge on any atom is 0.573 e. The predicted octanol–water partition coefficient (Wildman–Crippen LogP) is 3.51. The van der Waals surface area contributed by atoms with E-state index in [0.717, 1.165) is 0 Å². The highest BCUT2D eigenvalue weighted by molar-refractivity contribution is 7.18. The number of hydrogen-bond acceptors (Lipinski definition) is 2. The van der Waals surface area contributed by atoms with Gasteiger partial charge in [0, 0.05) is 0 Å². The summed E-state index contributed by atoms with van der Waals surface area (Å²) in [6.07, 6.45) is -4.68. The SMILES string of the molecule is [C-]#[N+]c1sc(OC(F)(F)F)cc1C. The lowest BCUT2D eigenvalue weighted by molar-refractivity contribution is -0.273. The van der Waals surface area contributed by atoms with Crippen LogP contribution in [0.5, 0.6) is 5.06 Å². The number of hydrogen-bond donors (Lipinski definition) is 0. The van der Waals surface area contributed by atoms with Gasteiger partial charge in [0.15, 0.2) is 5.06 Å². The van der Waals surface area contributed by atoms with E-state index < -0.39 is 6.36 Å². The zero-order valence-corrected chi connectivity index (χ0v) is 7.29. The molecule has 0 fully saturated rings. The predicted molar refractivity (Wildman–Crippen MR) is 42.0 cm³/mol. The molecule has 13 heavy (non-hydrogen) atoms. The highest BCUT2D eigenvalue weighted by Crippen LogP contribution is 2.38. The summed E-state index contributed by atoms with van der Waals surface area (Å²) in [6.45, 7) is 8.19. The fraction of sp³-hybridized carbons (Fsp3) is 0.286. The molecule has 0 bridgehead atoms. The van der Waals surface area contributed by atoms with Crippen LogP contribution >= 0.6 is 11.3 Å². The molecule has 1 heterocycles. The summed E-state index contributed by atoms with van der Waals surface area (Å²) in [7, 11) is 0. The van der Waals surface area contributed by atoms with Gasteiger partial charge in [-0.1, -0.05) is 0 Å². The van der Waals surface area contributed by atoms with Gasteiger partial charge in [-0.05, 0) is 18.6 Å². The monoisotopic (exact) mass is 207 g/mol. The molecular formula is C7H4F3NOS. The molecule has 6 heteroatoms. The average Bonchev–Trinajstić information content (AvgIpc) is 2.26. The van der Waals surface area contributed by atoms with E-state index in [9.17, 15) is 13.2 Å². The lowest BCUT2D eigenvalue weighted by atomic mass is 10.4. The molecule has 0 saturated carbocycles. The van der Waals surface area contributed by atoms with Gasteiger partial charge in [0.1, 0.15) is 0 Å². The minimum atomic E-state index is -4.68. The van der Waals surface area contributed by atoms with Crippen molar-refractivity contribution in [3.63, 3.8) is 0 Å². The molecule has 1 aromatic rings. The van der Waals surface area contributed by atoms with Gasteiger partial charge < -0.3 is 4.74 Å². The van der Waals surface area contributed by atoms with E-state index in [2.05, 4.69) is 9.58 Å². The number of ether oxygens (including phenoxy) is 1. The molecule has 0 atom stereocenters. The number of thiophene rings is 1. The van der Waals surface area contributed by atoms with E-state index in [4.69, 9.17) is 6.57 Å². The first kappa shape index (κ1) is 9.86. The zero-order chi connectivity index (χ0) is 10.1. The van der Waals surface area contributed by atoms with Crippen LogP contribution < -0.4 is 4.74 Å². The number of rotatable bonds is 1. The van der Waals surface area contributed by atoms with Gasteiger partial charge in [0.2, 0.25) is 5.00 Å². The van der Waals surface area contributed by atoms with Crippen molar-refractivity contribution in [1.29, 1.82) is 0 Å². The third-order valence-corrected chi connectivity index (χ3v) is 2.20. The molecule has 70 valence electrons. The third-order valence-electron chi connectivity index (χ3n) is 1.19. The first-order valence-corrected chi connectivity index (χ1v) is 3.97. The Kier molecular flexibility index (Phi) is 2.48. The standard InChI is InChI=1S/C7H4F3NOS/c1-4-3-5(12-7(8,9)10)13-6(4)11-2/h3H,1H3. The smallest absolute Gasteiger partial charge is 0.397 e. The molecule has 1 rings (SSSR count). The number of alkyl halides is 3. The molecule has 0 spiro atoms. The Morgan fingerprint density at radius 2 is 2.15 bits per heavy atom. The van der Waals surface area contributed by atoms with E-state index in [1.165, 1.54) is 6.07 Å². The van der Waals surface area contributed by atoms with Crippen molar-refractivity contribution in [2.75, 3.05) is 0 Å². The second-order valence-electron chi connectivity index (χ2n) is 2.21. The van der Waals surface area contributed by atoms with Crippen molar-refractivity contribution in [3.8, 4) is 5.06 Å². The summed E-state index contributed by atoms with van der Waals surface area (Å²) in [6, 6.07) is 1.20. The third kappa shape index (κ3) is 2.63. The first-order chi connectivity index (χ1) is 5.92. The Labute approximate surface area is 76.4 Å². The molecule has 0 radical (unpaired) electrons. The molecular weight excluding hydrogens is 203 g/mol. The summed E-state index contributed by atoms with van der Waals surface area (Å²) in [5.41, 5.74) is 0.499. The molecule has 0 amide bonds. The number of nitrogens with zero attached hydrogens (tertiary/aromatic N) is 1. The molecule has 2 nitrogen and oxygen atoms in total.